The predicted octanol–water partition coefficient (Wildman–Crippen LogP) is 0.888. The summed E-state index contributed by atoms with van der Waals surface area (Å²) in [5.41, 5.74) is 8.05. The molecular weight excluding hydrogens is 210 g/mol. The first-order valence-corrected chi connectivity index (χ1v) is 6.06. The van der Waals surface area contributed by atoms with E-state index in [1.54, 1.807) is 5.51 Å². The zero-order valence-electron chi connectivity index (χ0n) is 8.53. The summed E-state index contributed by atoms with van der Waals surface area (Å²) in [6.45, 7) is 0.972. The summed E-state index contributed by atoms with van der Waals surface area (Å²) in [6, 6.07) is 0. The molecule has 15 heavy (non-hydrogen) atoms. The molecule has 82 valence electrons. The molecule has 0 saturated heterocycles. The van der Waals surface area contributed by atoms with Gasteiger partial charge in [-0.3, -0.25) is 4.79 Å². The topological polar surface area (TPSA) is 68.0 Å². The Bertz CT molecular complexity index is 327. The SMILES string of the molecule is NCC1(C(=O)NCc2cscn2)CCC1. The quantitative estimate of drug-likeness (QED) is 0.799. The van der Waals surface area contributed by atoms with Crippen LogP contribution in [0.4, 0.5) is 0 Å². The van der Waals surface area contributed by atoms with Gasteiger partial charge in [-0.05, 0) is 12.8 Å². The molecular formula is C10H15N3OS. The second kappa shape index (κ2) is 4.28. The number of hydrogen-bond donors (Lipinski definition) is 2. The second-order valence-electron chi connectivity index (χ2n) is 4.00. The zero-order valence-corrected chi connectivity index (χ0v) is 9.35. The fourth-order valence-electron chi connectivity index (χ4n) is 1.81. The number of rotatable bonds is 4. The van der Waals surface area contributed by atoms with Gasteiger partial charge in [0, 0.05) is 11.9 Å². The van der Waals surface area contributed by atoms with Gasteiger partial charge in [0.05, 0.1) is 23.2 Å². The Morgan fingerprint density at radius 2 is 2.47 bits per heavy atom. The summed E-state index contributed by atoms with van der Waals surface area (Å²) in [5, 5.41) is 4.84. The van der Waals surface area contributed by atoms with Gasteiger partial charge in [-0.15, -0.1) is 11.3 Å². The van der Waals surface area contributed by atoms with Crippen LogP contribution in [0.5, 0.6) is 0 Å². The number of amides is 1. The summed E-state index contributed by atoms with van der Waals surface area (Å²) >= 11 is 1.54. The van der Waals surface area contributed by atoms with Crippen LogP contribution >= 0.6 is 11.3 Å². The van der Waals surface area contributed by atoms with Crippen molar-refractivity contribution in [2.45, 2.75) is 25.8 Å². The van der Waals surface area contributed by atoms with Crippen molar-refractivity contribution >= 4 is 17.2 Å². The monoisotopic (exact) mass is 225 g/mol. The van der Waals surface area contributed by atoms with Gasteiger partial charge in [0.2, 0.25) is 5.91 Å². The molecule has 5 heteroatoms. The molecule has 0 bridgehead atoms. The normalized spacial score (nSPS) is 18.2. The molecule has 1 heterocycles. The van der Waals surface area contributed by atoms with Gasteiger partial charge in [-0.25, -0.2) is 4.98 Å². The molecule has 1 aromatic rings. The van der Waals surface area contributed by atoms with Gasteiger partial charge in [0.25, 0.3) is 0 Å². The van der Waals surface area contributed by atoms with Gasteiger partial charge in [-0.2, -0.15) is 0 Å². The fraction of sp³-hybridized carbons (Fsp3) is 0.600. The van der Waals surface area contributed by atoms with Crippen LogP contribution in [0.15, 0.2) is 10.9 Å². The van der Waals surface area contributed by atoms with Gasteiger partial charge in [0.1, 0.15) is 0 Å². The number of nitrogens with zero attached hydrogens (tertiary/aromatic N) is 1. The van der Waals surface area contributed by atoms with E-state index in [1.165, 1.54) is 11.3 Å². The molecule has 0 aromatic carbocycles. The fourth-order valence-corrected chi connectivity index (χ4v) is 2.37. The number of nitrogens with two attached hydrogens (primary N) is 1. The maximum atomic E-state index is 11.9. The van der Waals surface area contributed by atoms with Crippen LogP contribution < -0.4 is 11.1 Å². The predicted molar refractivity (Wildman–Crippen MR) is 59.3 cm³/mol. The number of carbonyl (C=O) groups excluding carboxylic acids is 1. The molecule has 3 N–H and O–H groups in total. The summed E-state index contributed by atoms with van der Waals surface area (Å²) in [7, 11) is 0. The minimum atomic E-state index is -0.282. The van der Waals surface area contributed by atoms with Crippen LogP contribution in [-0.4, -0.2) is 17.4 Å². The molecule has 2 rings (SSSR count). The van der Waals surface area contributed by atoms with Crippen LogP contribution in [0.1, 0.15) is 25.0 Å². The number of nitrogens with one attached hydrogen (secondary N) is 1. The Kier molecular flexibility index (Phi) is 3.02. The van der Waals surface area contributed by atoms with Crippen molar-refractivity contribution in [2.24, 2.45) is 11.1 Å². The van der Waals surface area contributed by atoms with E-state index in [0.29, 0.717) is 13.1 Å². The lowest BCUT2D eigenvalue weighted by Crippen LogP contribution is -2.50. The Labute approximate surface area is 92.9 Å². The molecule has 4 nitrogen and oxygen atoms in total. The molecule has 0 unspecified atom stereocenters. The molecule has 1 fully saturated rings. The van der Waals surface area contributed by atoms with Crippen molar-refractivity contribution in [1.29, 1.82) is 0 Å². The molecule has 0 atom stereocenters. The Morgan fingerprint density at radius 1 is 1.67 bits per heavy atom. The van der Waals surface area contributed by atoms with E-state index in [2.05, 4.69) is 10.3 Å². The highest BCUT2D eigenvalue weighted by atomic mass is 32.1. The molecule has 1 saturated carbocycles. The van der Waals surface area contributed by atoms with Gasteiger partial charge in [0.15, 0.2) is 0 Å². The minimum absolute atomic E-state index is 0.0873. The van der Waals surface area contributed by atoms with E-state index < -0.39 is 0 Å². The average Bonchev–Trinajstić information content (AvgIpc) is 2.66. The first-order valence-electron chi connectivity index (χ1n) is 5.12. The molecule has 0 spiro atoms. The summed E-state index contributed by atoms with van der Waals surface area (Å²) in [5.74, 6) is 0.0873. The van der Waals surface area contributed by atoms with E-state index in [0.717, 1.165) is 25.0 Å². The summed E-state index contributed by atoms with van der Waals surface area (Å²) < 4.78 is 0. The Morgan fingerprint density at radius 3 is 2.93 bits per heavy atom. The third-order valence-electron chi connectivity index (χ3n) is 3.10. The second-order valence-corrected chi connectivity index (χ2v) is 4.72. The highest BCUT2D eigenvalue weighted by Gasteiger charge is 2.42. The maximum absolute atomic E-state index is 11.9. The number of hydrogen-bond acceptors (Lipinski definition) is 4. The van der Waals surface area contributed by atoms with Crippen molar-refractivity contribution in [3.05, 3.63) is 16.6 Å². The molecule has 1 aliphatic carbocycles. The minimum Gasteiger partial charge on any atom is -0.350 e. The van der Waals surface area contributed by atoms with Crippen LogP contribution in [0.2, 0.25) is 0 Å². The number of aromatic nitrogens is 1. The van der Waals surface area contributed by atoms with Crippen molar-refractivity contribution < 1.29 is 4.79 Å². The van der Waals surface area contributed by atoms with Crippen molar-refractivity contribution in [2.75, 3.05) is 6.54 Å². The smallest absolute Gasteiger partial charge is 0.227 e. The largest absolute Gasteiger partial charge is 0.350 e. The molecule has 0 radical (unpaired) electrons. The number of thiazole rings is 1. The summed E-state index contributed by atoms with van der Waals surface area (Å²) in [6.07, 6.45) is 2.96. The number of carbonyl (C=O) groups is 1. The van der Waals surface area contributed by atoms with Crippen molar-refractivity contribution in [1.82, 2.24) is 10.3 Å². The van der Waals surface area contributed by atoms with Gasteiger partial charge in [-0.1, -0.05) is 6.42 Å². The lowest BCUT2D eigenvalue weighted by molar-refractivity contribution is -0.135. The van der Waals surface area contributed by atoms with Crippen LogP contribution in [0.3, 0.4) is 0 Å². The summed E-state index contributed by atoms with van der Waals surface area (Å²) in [4.78, 5) is 16.0. The molecule has 0 aliphatic heterocycles. The van der Waals surface area contributed by atoms with Gasteiger partial charge >= 0.3 is 0 Å². The standard InChI is InChI=1S/C10H15N3OS/c11-6-10(2-1-3-10)9(14)12-4-8-5-15-7-13-8/h5,7H,1-4,6,11H2,(H,12,14). The highest BCUT2D eigenvalue weighted by molar-refractivity contribution is 7.07. The van der Waals surface area contributed by atoms with Gasteiger partial charge < -0.3 is 11.1 Å². The lowest BCUT2D eigenvalue weighted by Gasteiger charge is -2.39. The average molecular weight is 225 g/mol. The third kappa shape index (κ3) is 2.03. The van der Waals surface area contributed by atoms with Crippen LogP contribution in [0, 0.1) is 5.41 Å². The maximum Gasteiger partial charge on any atom is 0.227 e. The first kappa shape index (κ1) is 10.6. The highest BCUT2D eigenvalue weighted by Crippen LogP contribution is 2.39. The zero-order chi connectivity index (χ0) is 10.7. The third-order valence-corrected chi connectivity index (χ3v) is 3.73. The Hall–Kier alpha value is -0.940. The van der Waals surface area contributed by atoms with Crippen molar-refractivity contribution in [3.63, 3.8) is 0 Å². The lowest BCUT2D eigenvalue weighted by atomic mass is 9.68. The van der Waals surface area contributed by atoms with Crippen molar-refractivity contribution in [3.8, 4) is 0 Å². The van der Waals surface area contributed by atoms with E-state index in [-0.39, 0.29) is 11.3 Å². The van der Waals surface area contributed by atoms with Crippen LogP contribution in [-0.2, 0) is 11.3 Å². The van der Waals surface area contributed by atoms with E-state index in [9.17, 15) is 4.79 Å². The van der Waals surface area contributed by atoms with E-state index in [4.69, 9.17) is 5.73 Å². The molecule has 1 aromatic heterocycles. The van der Waals surface area contributed by atoms with E-state index >= 15 is 0 Å². The molecule has 1 amide bonds. The first-order chi connectivity index (χ1) is 7.27. The van der Waals surface area contributed by atoms with Crippen LogP contribution in [0.25, 0.3) is 0 Å². The Balaban J connectivity index is 1.87. The molecule has 1 aliphatic rings. The van der Waals surface area contributed by atoms with E-state index in [1.807, 2.05) is 5.38 Å².